The minimum atomic E-state index is -0.182. The van der Waals surface area contributed by atoms with Crippen molar-refractivity contribution in [2.75, 3.05) is 6.54 Å². The normalized spacial score (nSPS) is 10.5. The summed E-state index contributed by atoms with van der Waals surface area (Å²) in [7, 11) is 0. The van der Waals surface area contributed by atoms with Crippen molar-refractivity contribution in [2.24, 2.45) is 0 Å². The number of nitrogens with one attached hydrogen (secondary N) is 2. The van der Waals surface area contributed by atoms with Gasteiger partial charge in [0, 0.05) is 55.3 Å². The van der Waals surface area contributed by atoms with Crippen LogP contribution in [0.3, 0.4) is 0 Å². The standard InChI is InChI=1S/C20H20ClN5O3/c21-16-3-1-15(2-4-16)20-25-19(29-26-20)6-5-17(27)23-12-9-18(28)24-13-14-7-10-22-11-8-14/h1-4,7-8,10-11H,5-6,9,12-13H2,(H,23,27)(H,24,28). The summed E-state index contributed by atoms with van der Waals surface area (Å²) in [5.74, 6) is 0.507. The van der Waals surface area contributed by atoms with Gasteiger partial charge in [0.2, 0.25) is 23.5 Å². The van der Waals surface area contributed by atoms with Gasteiger partial charge in [-0.3, -0.25) is 14.6 Å². The molecule has 0 aliphatic carbocycles. The van der Waals surface area contributed by atoms with Gasteiger partial charge in [-0.25, -0.2) is 0 Å². The number of aromatic nitrogens is 3. The Morgan fingerprint density at radius 2 is 1.69 bits per heavy atom. The van der Waals surface area contributed by atoms with E-state index in [1.54, 1.807) is 36.7 Å². The fraction of sp³-hybridized carbons (Fsp3) is 0.250. The summed E-state index contributed by atoms with van der Waals surface area (Å²) in [5.41, 5.74) is 1.75. The lowest BCUT2D eigenvalue weighted by atomic mass is 10.2. The highest BCUT2D eigenvalue weighted by Gasteiger charge is 2.11. The first-order valence-electron chi connectivity index (χ1n) is 9.11. The lowest BCUT2D eigenvalue weighted by molar-refractivity contribution is -0.122. The van der Waals surface area contributed by atoms with E-state index in [-0.39, 0.29) is 31.2 Å². The van der Waals surface area contributed by atoms with E-state index in [1.807, 2.05) is 12.1 Å². The van der Waals surface area contributed by atoms with Crippen LogP contribution in [0.5, 0.6) is 0 Å². The van der Waals surface area contributed by atoms with Crippen molar-refractivity contribution in [3.05, 3.63) is 65.3 Å². The average Bonchev–Trinajstić information content (AvgIpc) is 3.21. The monoisotopic (exact) mass is 413 g/mol. The zero-order chi connectivity index (χ0) is 20.5. The Balaban J connectivity index is 1.34. The molecule has 2 heterocycles. The van der Waals surface area contributed by atoms with E-state index < -0.39 is 0 Å². The molecule has 3 aromatic rings. The summed E-state index contributed by atoms with van der Waals surface area (Å²) in [6.45, 7) is 0.698. The van der Waals surface area contributed by atoms with Crippen molar-refractivity contribution in [1.29, 1.82) is 0 Å². The van der Waals surface area contributed by atoms with Crippen LogP contribution in [0.1, 0.15) is 24.3 Å². The van der Waals surface area contributed by atoms with Crippen LogP contribution < -0.4 is 10.6 Å². The van der Waals surface area contributed by atoms with Gasteiger partial charge in [0.1, 0.15) is 0 Å². The largest absolute Gasteiger partial charge is 0.356 e. The Hall–Kier alpha value is -3.26. The van der Waals surface area contributed by atoms with Crippen LogP contribution in [0.25, 0.3) is 11.4 Å². The Morgan fingerprint density at radius 1 is 0.966 bits per heavy atom. The maximum atomic E-state index is 11.9. The number of pyridine rings is 1. The SMILES string of the molecule is O=C(CCc1nc(-c2ccc(Cl)cc2)no1)NCCC(=O)NCc1ccncc1. The van der Waals surface area contributed by atoms with Crippen LogP contribution >= 0.6 is 11.6 Å². The molecule has 0 bridgehead atoms. The molecule has 0 spiro atoms. The van der Waals surface area contributed by atoms with E-state index in [9.17, 15) is 9.59 Å². The highest BCUT2D eigenvalue weighted by atomic mass is 35.5. The molecule has 0 aliphatic rings. The first-order valence-corrected chi connectivity index (χ1v) is 9.49. The number of rotatable bonds is 9. The van der Waals surface area contributed by atoms with E-state index >= 15 is 0 Å². The first kappa shape index (κ1) is 20.5. The summed E-state index contributed by atoms with van der Waals surface area (Å²) in [5, 5.41) is 10.0. The second-order valence-electron chi connectivity index (χ2n) is 6.25. The van der Waals surface area contributed by atoms with Crippen LogP contribution in [0, 0.1) is 0 Å². The minimum Gasteiger partial charge on any atom is -0.356 e. The van der Waals surface area contributed by atoms with Gasteiger partial charge in [-0.2, -0.15) is 4.98 Å². The quantitative estimate of drug-likeness (QED) is 0.557. The predicted molar refractivity (Wildman–Crippen MR) is 107 cm³/mol. The van der Waals surface area contributed by atoms with Crippen LogP contribution in [0.4, 0.5) is 0 Å². The number of halogens is 1. The Bertz CT molecular complexity index is 944. The highest BCUT2D eigenvalue weighted by Crippen LogP contribution is 2.18. The smallest absolute Gasteiger partial charge is 0.227 e. The molecule has 0 aliphatic heterocycles. The van der Waals surface area contributed by atoms with Crippen molar-refractivity contribution in [1.82, 2.24) is 25.8 Å². The zero-order valence-electron chi connectivity index (χ0n) is 15.6. The molecule has 0 radical (unpaired) electrons. The summed E-state index contributed by atoms with van der Waals surface area (Å²) in [6.07, 6.45) is 4.06. The molecule has 3 rings (SSSR count). The van der Waals surface area contributed by atoms with Gasteiger partial charge in [-0.15, -0.1) is 0 Å². The second kappa shape index (κ2) is 10.3. The van der Waals surface area contributed by atoms with Gasteiger partial charge in [-0.1, -0.05) is 16.8 Å². The van der Waals surface area contributed by atoms with Crippen molar-refractivity contribution < 1.29 is 14.1 Å². The maximum absolute atomic E-state index is 11.9. The number of aryl methyl sites for hydroxylation is 1. The molecule has 2 N–H and O–H groups in total. The van der Waals surface area contributed by atoms with E-state index in [2.05, 4.69) is 25.8 Å². The second-order valence-corrected chi connectivity index (χ2v) is 6.69. The Labute approximate surface area is 172 Å². The molecule has 2 aromatic heterocycles. The molecule has 0 unspecified atom stereocenters. The van der Waals surface area contributed by atoms with Crippen LogP contribution in [0.15, 0.2) is 53.3 Å². The molecule has 0 saturated heterocycles. The van der Waals surface area contributed by atoms with Crippen LogP contribution in [-0.4, -0.2) is 33.5 Å². The number of nitrogens with zero attached hydrogens (tertiary/aromatic N) is 3. The number of benzene rings is 1. The maximum Gasteiger partial charge on any atom is 0.227 e. The Morgan fingerprint density at radius 3 is 2.45 bits per heavy atom. The summed E-state index contributed by atoms with van der Waals surface area (Å²) in [6, 6.07) is 10.7. The molecule has 1 aromatic carbocycles. The molecule has 0 saturated carbocycles. The third-order valence-corrected chi connectivity index (χ3v) is 4.30. The summed E-state index contributed by atoms with van der Waals surface area (Å²) in [4.78, 5) is 31.9. The molecular weight excluding hydrogens is 394 g/mol. The fourth-order valence-corrected chi connectivity index (χ4v) is 2.61. The van der Waals surface area contributed by atoms with E-state index in [4.69, 9.17) is 16.1 Å². The van der Waals surface area contributed by atoms with E-state index in [1.165, 1.54) is 0 Å². The molecule has 0 fully saturated rings. The van der Waals surface area contributed by atoms with Gasteiger partial charge in [-0.05, 0) is 42.0 Å². The van der Waals surface area contributed by atoms with E-state index in [0.29, 0.717) is 29.7 Å². The van der Waals surface area contributed by atoms with Crippen LogP contribution in [0.2, 0.25) is 5.02 Å². The highest BCUT2D eigenvalue weighted by molar-refractivity contribution is 6.30. The lowest BCUT2D eigenvalue weighted by Gasteiger charge is -2.06. The lowest BCUT2D eigenvalue weighted by Crippen LogP contribution is -2.30. The first-order chi connectivity index (χ1) is 14.1. The molecule has 9 heteroatoms. The summed E-state index contributed by atoms with van der Waals surface area (Å²) >= 11 is 5.86. The number of amides is 2. The number of hydrogen-bond donors (Lipinski definition) is 2. The fourth-order valence-electron chi connectivity index (χ4n) is 2.49. The third kappa shape index (κ3) is 6.69. The number of hydrogen-bond acceptors (Lipinski definition) is 6. The van der Waals surface area contributed by atoms with Crippen LogP contribution in [-0.2, 0) is 22.6 Å². The molecule has 150 valence electrons. The van der Waals surface area contributed by atoms with Gasteiger partial charge in [0.25, 0.3) is 0 Å². The average molecular weight is 414 g/mol. The molecule has 8 nitrogen and oxygen atoms in total. The third-order valence-electron chi connectivity index (χ3n) is 4.05. The topological polar surface area (TPSA) is 110 Å². The molecular formula is C20H20ClN5O3. The van der Waals surface area contributed by atoms with Crippen molar-refractivity contribution in [2.45, 2.75) is 25.8 Å². The number of carbonyl (C=O) groups is 2. The van der Waals surface area contributed by atoms with E-state index in [0.717, 1.165) is 11.1 Å². The number of carbonyl (C=O) groups excluding carboxylic acids is 2. The molecule has 0 atom stereocenters. The van der Waals surface area contributed by atoms with Crippen molar-refractivity contribution in [3.63, 3.8) is 0 Å². The van der Waals surface area contributed by atoms with Crippen molar-refractivity contribution in [3.8, 4) is 11.4 Å². The molecule has 29 heavy (non-hydrogen) atoms. The molecule has 2 amide bonds. The van der Waals surface area contributed by atoms with Gasteiger partial charge >= 0.3 is 0 Å². The predicted octanol–water partition coefficient (Wildman–Crippen LogP) is 2.54. The summed E-state index contributed by atoms with van der Waals surface area (Å²) < 4.78 is 5.17. The minimum absolute atomic E-state index is 0.133. The van der Waals surface area contributed by atoms with Gasteiger partial charge in [0.05, 0.1) is 0 Å². The Kier molecular flexibility index (Phi) is 7.29. The van der Waals surface area contributed by atoms with Gasteiger partial charge < -0.3 is 15.2 Å². The zero-order valence-corrected chi connectivity index (χ0v) is 16.4. The van der Waals surface area contributed by atoms with Crippen molar-refractivity contribution >= 4 is 23.4 Å². The van der Waals surface area contributed by atoms with Gasteiger partial charge in [0.15, 0.2) is 0 Å².